The maximum Gasteiger partial charge on any atom is 0.0444 e. The van der Waals surface area contributed by atoms with Crippen molar-refractivity contribution in [3.63, 3.8) is 0 Å². The Morgan fingerprint density at radius 1 is 1.18 bits per heavy atom. The van der Waals surface area contributed by atoms with Gasteiger partial charge in [0.15, 0.2) is 0 Å². The summed E-state index contributed by atoms with van der Waals surface area (Å²) >= 11 is 1.66. The first-order valence-corrected chi connectivity index (χ1v) is 7.87. The molecule has 1 heterocycles. The fourth-order valence-corrected chi connectivity index (χ4v) is 3.44. The van der Waals surface area contributed by atoms with Gasteiger partial charge < -0.3 is 0 Å². The highest BCUT2D eigenvalue weighted by Gasteiger charge is 2.25. The summed E-state index contributed by atoms with van der Waals surface area (Å²) in [7, 11) is 0. The van der Waals surface area contributed by atoms with Gasteiger partial charge in [0.1, 0.15) is 0 Å². The molecule has 1 nitrogen and oxygen atoms in total. The Balaban J connectivity index is 0.000000686. The largest absolute Gasteiger partial charge is 0.201 e. The van der Waals surface area contributed by atoms with E-state index >= 15 is 0 Å². The van der Waals surface area contributed by atoms with Crippen LogP contribution in [0.4, 0.5) is 0 Å². The number of rotatable bonds is 2. The summed E-state index contributed by atoms with van der Waals surface area (Å²) in [4.78, 5) is 1.43. The predicted molar refractivity (Wildman–Crippen MR) is 77.7 cm³/mol. The van der Waals surface area contributed by atoms with Gasteiger partial charge in [-0.3, -0.25) is 0 Å². The van der Waals surface area contributed by atoms with Gasteiger partial charge in [-0.2, -0.15) is 0 Å². The fraction of sp³-hybridized carbons (Fsp3) is 0.800. The molecule has 98 valence electrons. The fourth-order valence-electron chi connectivity index (χ4n) is 2.80. The van der Waals surface area contributed by atoms with Crippen LogP contribution in [0.15, 0.2) is 6.20 Å². The lowest BCUT2D eigenvalue weighted by molar-refractivity contribution is 0.258. The maximum atomic E-state index is 4.29. The van der Waals surface area contributed by atoms with E-state index < -0.39 is 0 Å². The second-order valence-corrected chi connectivity index (χ2v) is 6.20. The van der Waals surface area contributed by atoms with Gasteiger partial charge in [-0.25, -0.2) is 4.37 Å². The van der Waals surface area contributed by atoms with Gasteiger partial charge in [-0.05, 0) is 67.5 Å². The average Bonchev–Trinajstić information content (AvgIpc) is 2.78. The van der Waals surface area contributed by atoms with E-state index in [1.54, 1.807) is 11.5 Å². The average molecular weight is 253 g/mol. The van der Waals surface area contributed by atoms with Crippen molar-refractivity contribution in [3.8, 4) is 0 Å². The number of nitrogens with zero attached hydrogens (tertiary/aromatic N) is 1. The van der Waals surface area contributed by atoms with Crippen molar-refractivity contribution in [2.24, 2.45) is 11.8 Å². The van der Waals surface area contributed by atoms with Crippen molar-refractivity contribution < 1.29 is 0 Å². The topological polar surface area (TPSA) is 12.9 Å². The van der Waals surface area contributed by atoms with Gasteiger partial charge in [-0.15, -0.1) is 0 Å². The zero-order valence-electron chi connectivity index (χ0n) is 12.0. The summed E-state index contributed by atoms with van der Waals surface area (Å²) < 4.78 is 4.29. The second kappa shape index (κ2) is 7.15. The molecule has 0 unspecified atom stereocenters. The molecule has 0 spiro atoms. The zero-order valence-corrected chi connectivity index (χ0v) is 12.8. The van der Waals surface area contributed by atoms with Crippen molar-refractivity contribution in [3.05, 3.63) is 16.6 Å². The molecule has 1 aromatic heterocycles. The maximum absolute atomic E-state index is 4.29. The molecule has 2 rings (SSSR count). The third-order valence-corrected chi connectivity index (χ3v) is 4.66. The Morgan fingerprint density at radius 3 is 2.18 bits per heavy atom. The van der Waals surface area contributed by atoms with Crippen LogP contribution in [0.2, 0.25) is 0 Å². The molecule has 0 saturated heterocycles. The standard InChI is InChI=1S/C13H21NS.C2H6/c1-9(2)11-4-6-12(7-5-11)13-8-14-15-10(13)3;1-2/h8-9,11-12H,4-7H2,1-3H3;1-2H3. The van der Waals surface area contributed by atoms with E-state index in [-0.39, 0.29) is 0 Å². The van der Waals surface area contributed by atoms with E-state index in [9.17, 15) is 0 Å². The van der Waals surface area contributed by atoms with E-state index in [0.29, 0.717) is 0 Å². The summed E-state index contributed by atoms with van der Waals surface area (Å²) in [5.74, 6) is 2.64. The molecule has 0 atom stereocenters. The highest BCUT2D eigenvalue weighted by molar-refractivity contribution is 7.05. The highest BCUT2D eigenvalue weighted by Crippen LogP contribution is 2.39. The monoisotopic (exact) mass is 253 g/mol. The molecule has 2 heteroatoms. The number of aromatic nitrogens is 1. The molecule has 0 N–H and O–H groups in total. The molecule has 17 heavy (non-hydrogen) atoms. The van der Waals surface area contributed by atoms with Gasteiger partial charge >= 0.3 is 0 Å². The van der Waals surface area contributed by atoms with Crippen LogP contribution < -0.4 is 0 Å². The minimum atomic E-state index is 0.804. The third-order valence-electron chi connectivity index (χ3n) is 3.94. The first-order valence-electron chi connectivity index (χ1n) is 7.09. The van der Waals surface area contributed by atoms with Gasteiger partial charge in [0.2, 0.25) is 0 Å². The summed E-state index contributed by atoms with van der Waals surface area (Å²) in [6.07, 6.45) is 7.68. The molecule has 0 amide bonds. The number of aryl methyl sites for hydroxylation is 1. The third kappa shape index (κ3) is 3.80. The van der Waals surface area contributed by atoms with Gasteiger partial charge in [0.05, 0.1) is 0 Å². The molecular weight excluding hydrogens is 226 g/mol. The van der Waals surface area contributed by atoms with Crippen LogP contribution in [0.3, 0.4) is 0 Å². The SMILES string of the molecule is CC.Cc1sncc1C1CCC(C(C)C)CC1. The smallest absolute Gasteiger partial charge is 0.0444 e. The summed E-state index contributed by atoms with van der Waals surface area (Å²) in [5.41, 5.74) is 1.53. The molecule has 1 aliphatic carbocycles. The first kappa shape index (κ1) is 14.7. The van der Waals surface area contributed by atoms with E-state index in [2.05, 4.69) is 31.3 Å². The van der Waals surface area contributed by atoms with Gasteiger partial charge in [-0.1, -0.05) is 27.7 Å². The Morgan fingerprint density at radius 2 is 1.76 bits per heavy atom. The lowest BCUT2D eigenvalue weighted by Crippen LogP contribution is -2.17. The Hall–Kier alpha value is -0.370. The molecular formula is C15H27NS. The van der Waals surface area contributed by atoms with Crippen LogP contribution in [0.1, 0.15) is 69.7 Å². The van der Waals surface area contributed by atoms with Crippen LogP contribution in [0.25, 0.3) is 0 Å². The summed E-state index contributed by atoms with van der Waals surface area (Å²) in [6, 6.07) is 0. The normalized spacial score (nSPS) is 24.4. The molecule has 0 aromatic carbocycles. The lowest BCUT2D eigenvalue weighted by atomic mass is 9.75. The minimum absolute atomic E-state index is 0.804. The Labute approximate surface area is 111 Å². The Bertz CT molecular complexity index is 308. The molecule has 0 aliphatic heterocycles. The summed E-state index contributed by atoms with van der Waals surface area (Å²) in [5, 5.41) is 0. The van der Waals surface area contributed by atoms with Crippen molar-refractivity contribution in [1.82, 2.24) is 4.37 Å². The van der Waals surface area contributed by atoms with E-state index in [1.807, 2.05) is 13.8 Å². The summed E-state index contributed by atoms with van der Waals surface area (Å²) in [6.45, 7) is 10.9. The lowest BCUT2D eigenvalue weighted by Gasteiger charge is -2.30. The molecule has 1 saturated carbocycles. The molecule has 1 fully saturated rings. The first-order chi connectivity index (χ1) is 8.18. The van der Waals surface area contributed by atoms with Crippen molar-refractivity contribution >= 4 is 11.5 Å². The van der Waals surface area contributed by atoms with E-state index in [4.69, 9.17) is 0 Å². The second-order valence-electron chi connectivity index (χ2n) is 5.19. The molecule has 0 bridgehead atoms. The molecule has 1 aromatic rings. The van der Waals surface area contributed by atoms with Crippen molar-refractivity contribution in [2.75, 3.05) is 0 Å². The Kier molecular flexibility index (Phi) is 6.18. The van der Waals surface area contributed by atoms with Crippen LogP contribution in [0, 0.1) is 18.8 Å². The van der Waals surface area contributed by atoms with Crippen LogP contribution >= 0.6 is 11.5 Å². The van der Waals surface area contributed by atoms with E-state index in [1.165, 1.54) is 36.1 Å². The van der Waals surface area contributed by atoms with Crippen molar-refractivity contribution in [2.45, 2.75) is 66.2 Å². The highest BCUT2D eigenvalue weighted by atomic mass is 32.1. The molecule has 1 aliphatic rings. The number of hydrogen-bond acceptors (Lipinski definition) is 2. The van der Waals surface area contributed by atoms with Gasteiger partial charge in [0.25, 0.3) is 0 Å². The zero-order chi connectivity index (χ0) is 12.8. The van der Waals surface area contributed by atoms with Crippen LogP contribution in [0.5, 0.6) is 0 Å². The van der Waals surface area contributed by atoms with Crippen LogP contribution in [-0.2, 0) is 0 Å². The minimum Gasteiger partial charge on any atom is -0.201 e. The predicted octanol–water partition coefficient (Wildman–Crippen LogP) is 5.41. The van der Waals surface area contributed by atoms with Crippen LogP contribution in [-0.4, -0.2) is 4.37 Å². The van der Waals surface area contributed by atoms with E-state index in [0.717, 1.165) is 17.8 Å². The van der Waals surface area contributed by atoms with Gasteiger partial charge in [0, 0.05) is 11.1 Å². The number of hydrogen-bond donors (Lipinski definition) is 0. The quantitative estimate of drug-likeness (QED) is 0.687. The van der Waals surface area contributed by atoms with Crippen molar-refractivity contribution in [1.29, 1.82) is 0 Å². The molecule has 0 radical (unpaired) electrons.